The number of halogens is 2. The van der Waals surface area contributed by atoms with Gasteiger partial charge in [0.25, 0.3) is 0 Å². The van der Waals surface area contributed by atoms with E-state index in [2.05, 4.69) is 0 Å². The Morgan fingerprint density at radius 2 is 1.73 bits per heavy atom. The zero-order valence-corrected chi connectivity index (χ0v) is 12.8. The topological polar surface area (TPSA) is 39.4 Å². The number of aldehydes is 1. The first-order valence-electron chi connectivity index (χ1n) is 6.44. The van der Waals surface area contributed by atoms with Crippen LogP contribution in [0.4, 0.5) is 0 Å². The van der Waals surface area contributed by atoms with Gasteiger partial charge in [0.05, 0.1) is 5.02 Å². The number of carbonyl (C=O) groups is 1. The highest BCUT2D eigenvalue weighted by molar-refractivity contribution is 6.35. The summed E-state index contributed by atoms with van der Waals surface area (Å²) in [7, 11) is 0. The van der Waals surface area contributed by atoms with Crippen LogP contribution in [-0.2, 0) is 0 Å². The average Bonchev–Trinajstić information content (AvgIpc) is 3.00. The molecule has 0 radical (unpaired) electrons. The summed E-state index contributed by atoms with van der Waals surface area (Å²) in [5.74, 6) is 2.08. The number of carbonyl (C=O) groups excluding carboxylic acids is 1. The minimum absolute atomic E-state index is 0.295. The van der Waals surface area contributed by atoms with Crippen LogP contribution < -0.4 is 4.74 Å². The van der Waals surface area contributed by atoms with Crippen LogP contribution in [0, 0.1) is 0 Å². The van der Waals surface area contributed by atoms with Gasteiger partial charge in [-0.25, -0.2) is 0 Å². The normalized spacial score (nSPS) is 10.5. The lowest BCUT2D eigenvalue weighted by Crippen LogP contribution is -1.85. The third-order valence-electron chi connectivity index (χ3n) is 3.00. The molecular formula is C17H10Cl2O3. The molecule has 3 nitrogen and oxygen atoms in total. The van der Waals surface area contributed by atoms with Gasteiger partial charge in [0.2, 0.25) is 0 Å². The Kier molecular flexibility index (Phi) is 4.18. The predicted octanol–water partition coefficient (Wildman–Crippen LogP) is 5.86. The molecule has 2 aromatic carbocycles. The van der Waals surface area contributed by atoms with Crippen LogP contribution in [0.5, 0.6) is 11.5 Å². The van der Waals surface area contributed by atoms with E-state index >= 15 is 0 Å². The molecule has 5 heteroatoms. The van der Waals surface area contributed by atoms with Crippen molar-refractivity contribution in [3.63, 3.8) is 0 Å². The van der Waals surface area contributed by atoms with E-state index in [1.165, 1.54) is 0 Å². The molecule has 1 heterocycles. The first-order valence-corrected chi connectivity index (χ1v) is 7.19. The number of rotatable bonds is 4. The minimum atomic E-state index is 0.295. The van der Waals surface area contributed by atoms with Gasteiger partial charge in [-0.2, -0.15) is 0 Å². The summed E-state index contributed by atoms with van der Waals surface area (Å²) in [4.78, 5) is 10.6. The maximum absolute atomic E-state index is 10.6. The van der Waals surface area contributed by atoms with Crippen LogP contribution in [-0.4, -0.2) is 6.29 Å². The van der Waals surface area contributed by atoms with E-state index in [1.54, 1.807) is 42.5 Å². The van der Waals surface area contributed by atoms with Gasteiger partial charge >= 0.3 is 0 Å². The van der Waals surface area contributed by atoms with E-state index in [4.69, 9.17) is 32.4 Å². The second-order valence-corrected chi connectivity index (χ2v) is 5.36. The zero-order valence-electron chi connectivity index (χ0n) is 11.3. The van der Waals surface area contributed by atoms with Gasteiger partial charge in [-0.05, 0) is 54.6 Å². The third kappa shape index (κ3) is 3.16. The van der Waals surface area contributed by atoms with Crippen molar-refractivity contribution in [3.8, 4) is 22.8 Å². The van der Waals surface area contributed by atoms with Crippen molar-refractivity contribution in [1.82, 2.24) is 0 Å². The largest absolute Gasteiger partial charge is 0.456 e. The van der Waals surface area contributed by atoms with E-state index in [1.807, 2.05) is 12.1 Å². The molecule has 0 N–H and O–H groups in total. The van der Waals surface area contributed by atoms with Crippen molar-refractivity contribution in [2.75, 3.05) is 0 Å². The summed E-state index contributed by atoms with van der Waals surface area (Å²) in [6.45, 7) is 0. The molecule has 0 aliphatic heterocycles. The van der Waals surface area contributed by atoms with Crippen molar-refractivity contribution >= 4 is 29.5 Å². The molecule has 110 valence electrons. The summed E-state index contributed by atoms with van der Waals surface area (Å²) < 4.78 is 11.1. The Morgan fingerprint density at radius 1 is 0.955 bits per heavy atom. The number of benzene rings is 2. The summed E-state index contributed by atoms with van der Waals surface area (Å²) >= 11 is 11.9. The number of hydrogen-bond acceptors (Lipinski definition) is 3. The standard InChI is InChI=1S/C17H10Cl2O3/c18-12-3-7-17(15(19)9-12)21-13-4-1-11(2-5-13)16-8-6-14(10-20)22-16/h1-10H. The van der Waals surface area contributed by atoms with Gasteiger partial charge in [0, 0.05) is 10.6 Å². The van der Waals surface area contributed by atoms with Crippen LogP contribution in [0.1, 0.15) is 10.6 Å². The first-order chi connectivity index (χ1) is 10.7. The van der Waals surface area contributed by atoms with Gasteiger partial charge in [-0.3, -0.25) is 4.79 Å². The van der Waals surface area contributed by atoms with Crippen LogP contribution in [0.2, 0.25) is 10.0 Å². The Labute approximate surface area is 137 Å². The highest BCUT2D eigenvalue weighted by Crippen LogP contribution is 2.32. The molecule has 0 fully saturated rings. The van der Waals surface area contributed by atoms with Gasteiger partial charge < -0.3 is 9.15 Å². The fourth-order valence-corrected chi connectivity index (χ4v) is 2.39. The van der Waals surface area contributed by atoms with Gasteiger partial charge in [-0.1, -0.05) is 23.2 Å². The molecule has 0 aliphatic carbocycles. The van der Waals surface area contributed by atoms with Gasteiger partial charge in [0.1, 0.15) is 17.3 Å². The van der Waals surface area contributed by atoms with Crippen molar-refractivity contribution < 1.29 is 13.9 Å². The fourth-order valence-electron chi connectivity index (χ4n) is 1.94. The van der Waals surface area contributed by atoms with Crippen molar-refractivity contribution in [2.45, 2.75) is 0 Å². The quantitative estimate of drug-likeness (QED) is 0.562. The monoisotopic (exact) mass is 332 g/mol. The fraction of sp³-hybridized carbons (Fsp3) is 0. The molecule has 0 spiro atoms. The summed E-state index contributed by atoms with van der Waals surface area (Å²) in [5, 5.41) is 0.995. The molecule has 3 aromatic rings. The highest BCUT2D eigenvalue weighted by Gasteiger charge is 2.07. The van der Waals surface area contributed by atoms with E-state index in [0.29, 0.717) is 39.4 Å². The Balaban J connectivity index is 1.80. The van der Waals surface area contributed by atoms with Crippen LogP contribution >= 0.6 is 23.2 Å². The second-order valence-electron chi connectivity index (χ2n) is 4.52. The zero-order chi connectivity index (χ0) is 15.5. The van der Waals surface area contributed by atoms with E-state index in [9.17, 15) is 4.79 Å². The molecule has 0 aliphatic rings. The summed E-state index contributed by atoms with van der Waals surface area (Å²) in [6.07, 6.45) is 0.670. The molecule has 0 bridgehead atoms. The molecule has 0 atom stereocenters. The number of furan rings is 1. The smallest absolute Gasteiger partial charge is 0.185 e. The predicted molar refractivity (Wildman–Crippen MR) is 86.1 cm³/mol. The maximum atomic E-state index is 10.6. The van der Waals surface area contributed by atoms with E-state index in [-0.39, 0.29) is 0 Å². The lowest BCUT2D eigenvalue weighted by Gasteiger charge is -2.08. The molecule has 0 unspecified atom stereocenters. The summed E-state index contributed by atoms with van der Waals surface area (Å²) in [5.41, 5.74) is 0.850. The lowest BCUT2D eigenvalue weighted by molar-refractivity contribution is 0.110. The van der Waals surface area contributed by atoms with Crippen LogP contribution in [0.3, 0.4) is 0 Å². The maximum Gasteiger partial charge on any atom is 0.185 e. The number of hydrogen-bond donors (Lipinski definition) is 0. The van der Waals surface area contributed by atoms with Crippen LogP contribution in [0.15, 0.2) is 59.0 Å². The molecule has 3 rings (SSSR count). The van der Waals surface area contributed by atoms with Crippen molar-refractivity contribution in [3.05, 3.63) is 70.4 Å². The Hall–Kier alpha value is -2.23. The Bertz CT molecular complexity index is 807. The SMILES string of the molecule is O=Cc1ccc(-c2ccc(Oc3ccc(Cl)cc3Cl)cc2)o1. The first kappa shape index (κ1) is 14.7. The van der Waals surface area contributed by atoms with Crippen LogP contribution in [0.25, 0.3) is 11.3 Å². The lowest BCUT2D eigenvalue weighted by atomic mass is 10.2. The van der Waals surface area contributed by atoms with Crippen molar-refractivity contribution in [1.29, 1.82) is 0 Å². The highest BCUT2D eigenvalue weighted by atomic mass is 35.5. The molecule has 0 amide bonds. The van der Waals surface area contributed by atoms with E-state index < -0.39 is 0 Å². The Morgan fingerprint density at radius 3 is 2.36 bits per heavy atom. The molecular weight excluding hydrogens is 323 g/mol. The molecule has 0 saturated heterocycles. The average molecular weight is 333 g/mol. The second kappa shape index (κ2) is 6.26. The van der Waals surface area contributed by atoms with Crippen molar-refractivity contribution in [2.24, 2.45) is 0 Å². The van der Waals surface area contributed by atoms with Gasteiger partial charge in [-0.15, -0.1) is 0 Å². The molecule has 0 saturated carbocycles. The minimum Gasteiger partial charge on any atom is -0.456 e. The number of ether oxygens (including phenoxy) is 1. The van der Waals surface area contributed by atoms with E-state index in [0.717, 1.165) is 5.56 Å². The summed E-state index contributed by atoms with van der Waals surface area (Å²) in [6, 6.07) is 15.7. The van der Waals surface area contributed by atoms with Gasteiger partial charge in [0.15, 0.2) is 12.0 Å². The molecule has 1 aromatic heterocycles. The third-order valence-corrected chi connectivity index (χ3v) is 3.53. The molecule has 22 heavy (non-hydrogen) atoms.